The summed E-state index contributed by atoms with van der Waals surface area (Å²) in [6.45, 7) is 8.18. The van der Waals surface area contributed by atoms with E-state index in [1.165, 1.54) is 5.56 Å². The highest BCUT2D eigenvalue weighted by Crippen LogP contribution is 2.26. The van der Waals surface area contributed by atoms with Gasteiger partial charge < -0.3 is 20.1 Å². The van der Waals surface area contributed by atoms with Gasteiger partial charge in [-0.15, -0.1) is 0 Å². The number of morpholine rings is 1. The Morgan fingerprint density at radius 3 is 2.64 bits per heavy atom. The van der Waals surface area contributed by atoms with E-state index in [1.54, 1.807) is 7.05 Å². The SMILES string of the molecule is CN=C(NCCN1CCOCC1)NCc1ccc(C)cc1Oc1ccccc1. The van der Waals surface area contributed by atoms with Crippen LogP contribution in [-0.4, -0.2) is 57.3 Å². The van der Waals surface area contributed by atoms with Crippen LogP contribution in [0.15, 0.2) is 53.5 Å². The second-order valence-electron chi connectivity index (χ2n) is 6.83. The molecule has 150 valence electrons. The van der Waals surface area contributed by atoms with Crippen LogP contribution in [-0.2, 0) is 11.3 Å². The van der Waals surface area contributed by atoms with E-state index in [2.05, 4.69) is 45.6 Å². The minimum Gasteiger partial charge on any atom is -0.457 e. The maximum Gasteiger partial charge on any atom is 0.191 e. The third-order valence-corrected chi connectivity index (χ3v) is 4.69. The van der Waals surface area contributed by atoms with Crippen molar-refractivity contribution in [3.8, 4) is 11.5 Å². The largest absolute Gasteiger partial charge is 0.457 e. The summed E-state index contributed by atoms with van der Waals surface area (Å²) in [7, 11) is 1.79. The zero-order chi connectivity index (χ0) is 19.6. The summed E-state index contributed by atoms with van der Waals surface area (Å²) < 4.78 is 11.5. The number of rotatable bonds is 7. The van der Waals surface area contributed by atoms with Crippen molar-refractivity contribution >= 4 is 5.96 Å². The molecule has 0 spiro atoms. The molecule has 0 aromatic heterocycles. The first-order valence-corrected chi connectivity index (χ1v) is 9.81. The van der Waals surface area contributed by atoms with E-state index in [1.807, 2.05) is 30.3 Å². The lowest BCUT2D eigenvalue weighted by Crippen LogP contribution is -2.44. The maximum absolute atomic E-state index is 6.10. The molecule has 0 radical (unpaired) electrons. The van der Waals surface area contributed by atoms with Crippen molar-refractivity contribution in [1.82, 2.24) is 15.5 Å². The van der Waals surface area contributed by atoms with E-state index >= 15 is 0 Å². The van der Waals surface area contributed by atoms with Crippen LogP contribution in [0.5, 0.6) is 11.5 Å². The third-order valence-electron chi connectivity index (χ3n) is 4.69. The molecule has 1 aliphatic heterocycles. The average molecular weight is 383 g/mol. The fourth-order valence-corrected chi connectivity index (χ4v) is 3.08. The van der Waals surface area contributed by atoms with Crippen molar-refractivity contribution < 1.29 is 9.47 Å². The number of nitrogens with one attached hydrogen (secondary N) is 2. The lowest BCUT2D eigenvalue weighted by Gasteiger charge is -2.26. The van der Waals surface area contributed by atoms with Gasteiger partial charge in [0.1, 0.15) is 11.5 Å². The van der Waals surface area contributed by atoms with Gasteiger partial charge in [-0.1, -0.05) is 30.3 Å². The fraction of sp³-hybridized carbons (Fsp3) is 0.409. The molecule has 2 aromatic carbocycles. The summed E-state index contributed by atoms with van der Waals surface area (Å²) in [6, 6.07) is 16.1. The molecule has 1 fully saturated rings. The highest BCUT2D eigenvalue weighted by molar-refractivity contribution is 5.79. The Morgan fingerprint density at radius 2 is 1.89 bits per heavy atom. The molecule has 0 unspecified atom stereocenters. The molecule has 0 atom stereocenters. The van der Waals surface area contributed by atoms with Gasteiger partial charge >= 0.3 is 0 Å². The number of aliphatic imine (C=N–C) groups is 1. The number of ether oxygens (including phenoxy) is 2. The molecule has 2 N–H and O–H groups in total. The molecule has 0 aliphatic carbocycles. The van der Waals surface area contributed by atoms with E-state index in [0.29, 0.717) is 6.54 Å². The first-order chi connectivity index (χ1) is 13.7. The van der Waals surface area contributed by atoms with Crippen molar-refractivity contribution in [2.24, 2.45) is 4.99 Å². The molecule has 2 aromatic rings. The Morgan fingerprint density at radius 1 is 1.11 bits per heavy atom. The predicted molar refractivity (Wildman–Crippen MR) is 113 cm³/mol. The summed E-state index contributed by atoms with van der Waals surface area (Å²) in [4.78, 5) is 6.73. The van der Waals surface area contributed by atoms with E-state index in [-0.39, 0.29) is 0 Å². The van der Waals surface area contributed by atoms with Crippen molar-refractivity contribution in [3.05, 3.63) is 59.7 Å². The van der Waals surface area contributed by atoms with Crippen LogP contribution in [0.1, 0.15) is 11.1 Å². The fourth-order valence-electron chi connectivity index (χ4n) is 3.08. The van der Waals surface area contributed by atoms with Crippen LogP contribution < -0.4 is 15.4 Å². The summed E-state index contributed by atoms with van der Waals surface area (Å²) >= 11 is 0. The molecular formula is C22H30N4O2. The second kappa shape index (κ2) is 10.7. The van der Waals surface area contributed by atoms with Crippen molar-refractivity contribution in [3.63, 3.8) is 0 Å². The zero-order valence-corrected chi connectivity index (χ0v) is 16.8. The van der Waals surface area contributed by atoms with E-state index in [4.69, 9.17) is 9.47 Å². The van der Waals surface area contributed by atoms with Crippen LogP contribution >= 0.6 is 0 Å². The minimum absolute atomic E-state index is 0.639. The molecule has 6 heteroatoms. The number of guanidine groups is 1. The second-order valence-corrected chi connectivity index (χ2v) is 6.83. The van der Waals surface area contributed by atoms with Crippen molar-refractivity contribution in [1.29, 1.82) is 0 Å². The van der Waals surface area contributed by atoms with Gasteiger partial charge in [0.25, 0.3) is 0 Å². The van der Waals surface area contributed by atoms with E-state index in [0.717, 1.165) is 62.4 Å². The van der Waals surface area contributed by atoms with Gasteiger partial charge in [0.05, 0.1) is 13.2 Å². The summed E-state index contributed by atoms with van der Waals surface area (Å²) in [5.74, 6) is 2.49. The van der Waals surface area contributed by atoms with Gasteiger partial charge in [-0.25, -0.2) is 0 Å². The maximum atomic E-state index is 6.10. The first-order valence-electron chi connectivity index (χ1n) is 9.81. The van der Waals surface area contributed by atoms with Crippen molar-refractivity contribution in [2.75, 3.05) is 46.4 Å². The molecule has 0 amide bonds. The van der Waals surface area contributed by atoms with Gasteiger partial charge in [0.15, 0.2) is 5.96 Å². The predicted octanol–water partition coefficient (Wildman–Crippen LogP) is 2.78. The standard InChI is InChI=1S/C22H30N4O2/c1-18-8-9-19(21(16-18)28-20-6-4-3-5-7-20)17-25-22(23-2)24-10-11-26-12-14-27-15-13-26/h3-9,16H,10-15,17H2,1-2H3,(H2,23,24,25). The number of aryl methyl sites for hydroxylation is 1. The van der Waals surface area contributed by atoms with Crippen LogP contribution in [0, 0.1) is 6.92 Å². The molecule has 28 heavy (non-hydrogen) atoms. The Labute approximate surface area is 167 Å². The Balaban J connectivity index is 1.53. The summed E-state index contributed by atoms with van der Waals surface area (Å²) in [5, 5.41) is 6.77. The Bertz CT molecular complexity index is 758. The highest BCUT2D eigenvalue weighted by Gasteiger charge is 2.10. The lowest BCUT2D eigenvalue weighted by molar-refractivity contribution is 0.0389. The van der Waals surface area contributed by atoms with Crippen LogP contribution in [0.25, 0.3) is 0 Å². The molecule has 3 rings (SSSR count). The van der Waals surface area contributed by atoms with Gasteiger partial charge in [-0.2, -0.15) is 0 Å². The number of para-hydroxylation sites is 1. The molecular weight excluding hydrogens is 352 g/mol. The van der Waals surface area contributed by atoms with Gasteiger partial charge in [0.2, 0.25) is 0 Å². The summed E-state index contributed by atoms with van der Waals surface area (Å²) in [6.07, 6.45) is 0. The molecule has 6 nitrogen and oxygen atoms in total. The average Bonchev–Trinajstić information content (AvgIpc) is 2.73. The van der Waals surface area contributed by atoms with E-state index < -0.39 is 0 Å². The lowest BCUT2D eigenvalue weighted by atomic mass is 10.1. The molecule has 0 saturated carbocycles. The highest BCUT2D eigenvalue weighted by atomic mass is 16.5. The number of benzene rings is 2. The Kier molecular flexibility index (Phi) is 7.70. The summed E-state index contributed by atoms with van der Waals surface area (Å²) in [5.41, 5.74) is 2.26. The third kappa shape index (κ3) is 6.25. The molecule has 1 aliphatic rings. The topological polar surface area (TPSA) is 58.1 Å². The van der Waals surface area contributed by atoms with Crippen molar-refractivity contribution in [2.45, 2.75) is 13.5 Å². The van der Waals surface area contributed by atoms with Crippen LogP contribution in [0.3, 0.4) is 0 Å². The first kappa shape index (κ1) is 20.2. The quantitative estimate of drug-likeness (QED) is 0.570. The normalized spacial score (nSPS) is 15.3. The molecule has 0 bridgehead atoms. The zero-order valence-electron chi connectivity index (χ0n) is 16.8. The minimum atomic E-state index is 0.639. The van der Waals surface area contributed by atoms with E-state index in [9.17, 15) is 0 Å². The molecule has 1 saturated heterocycles. The molecule has 1 heterocycles. The monoisotopic (exact) mass is 382 g/mol. The Hall–Kier alpha value is -2.57. The number of nitrogens with zero attached hydrogens (tertiary/aromatic N) is 2. The van der Waals surface area contributed by atoms with Crippen LogP contribution in [0.4, 0.5) is 0 Å². The number of hydrogen-bond acceptors (Lipinski definition) is 4. The number of hydrogen-bond donors (Lipinski definition) is 2. The van der Waals surface area contributed by atoms with Gasteiger partial charge in [-0.3, -0.25) is 9.89 Å². The van der Waals surface area contributed by atoms with Gasteiger partial charge in [0, 0.05) is 45.3 Å². The van der Waals surface area contributed by atoms with Crippen LogP contribution in [0.2, 0.25) is 0 Å². The smallest absolute Gasteiger partial charge is 0.191 e. The van der Waals surface area contributed by atoms with Gasteiger partial charge in [-0.05, 0) is 30.7 Å².